The summed E-state index contributed by atoms with van der Waals surface area (Å²) in [6, 6.07) is 12.4. The number of halogens is 3. The molecule has 0 spiro atoms. The van der Waals surface area contributed by atoms with E-state index >= 15 is 0 Å². The van der Waals surface area contributed by atoms with Crippen LogP contribution in [0.4, 0.5) is 18.9 Å². The lowest BCUT2D eigenvalue weighted by molar-refractivity contribution is -0.274. The number of aryl methyl sites for hydroxylation is 1. The topological polar surface area (TPSA) is 60.5 Å². The fourth-order valence-electron chi connectivity index (χ4n) is 2.47. The van der Waals surface area contributed by atoms with Gasteiger partial charge in [-0.05, 0) is 42.8 Å². The first-order valence-electron chi connectivity index (χ1n) is 8.76. The molecule has 1 N–H and O–H groups in total. The first-order valence-corrected chi connectivity index (χ1v) is 9.64. The number of thiazole rings is 1. The van der Waals surface area contributed by atoms with Gasteiger partial charge in [-0.3, -0.25) is 4.79 Å². The van der Waals surface area contributed by atoms with Crippen LogP contribution in [0.5, 0.6) is 11.5 Å². The zero-order valence-corrected chi connectivity index (χ0v) is 16.6. The molecule has 1 heterocycles. The number of ether oxygens (including phenoxy) is 2. The number of aromatic nitrogens is 1. The molecular formula is C21H17F3N2O3S. The van der Waals surface area contributed by atoms with Crippen LogP contribution < -0.4 is 14.8 Å². The molecule has 1 aromatic heterocycles. The van der Waals surface area contributed by atoms with E-state index in [0.717, 1.165) is 16.8 Å². The largest absolute Gasteiger partial charge is 0.573 e. The number of benzene rings is 2. The number of carbonyl (C=O) groups is 1. The second kappa shape index (κ2) is 9.45. The maximum absolute atomic E-state index is 12.5. The van der Waals surface area contributed by atoms with E-state index in [-0.39, 0.29) is 5.69 Å². The summed E-state index contributed by atoms with van der Waals surface area (Å²) in [5, 5.41) is 5.26. The van der Waals surface area contributed by atoms with Gasteiger partial charge in [0, 0.05) is 11.5 Å². The molecule has 0 atom stereocenters. The predicted octanol–water partition coefficient (Wildman–Crippen LogP) is 5.58. The molecule has 30 heavy (non-hydrogen) atoms. The Bertz CT molecular complexity index is 1050. The van der Waals surface area contributed by atoms with Crippen molar-refractivity contribution in [2.45, 2.75) is 19.9 Å². The van der Waals surface area contributed by atoms with Gasteiger partial charge in [-0.25, -0.2) is 4.98 Å². The van der Waals surface area contributed by atoms with Crippen LogP contribution in [0, 0.1) is 6.92 Å². The number of carbonyl (C=O) groups excluding carboxylic acids is 1. The summed E-state index contributed by atoms with van der Waals surface area (Å²) in [7, 11) is 0. The van der Waals surface area contributed by atoms with Crippen LogP contribution in [0.25, 0.3) is 6.08 Å². The van der Waals surface area contributed by atoms with Gasteiger partial charge in [0.25, 0.3) is 0 Å². The molecule has 2 aromatic carbocycles. The molecule has 0 aliphatic rings. The number of para-hydroxylation sites is 2. The quantitative estimate of drug-likeness (QED) is 0.493. The van der Waals surface area contributed by atoms with Crippen molar-refractivity contribution in [2.75, 3.05) is 5.32 Å². The Morgan fingerprint density at radius 1 is 1.20 bits per heavy atom. The second-order valence-electron chi connectivity index (χ2n) is 6.09. The number of amides is 1. The highest BCUT2D eigenvalue weighted by atomic mass is 32.1. The van der Waals surface area contributed by atoms with Crippen LogP contribution in [0.1, 0.15) is 16.3 Å². The third kappa shape index (κ3) is 6.63. The molecule has 0 unspecified atom stereocenters. The minimum Gasteiger partial charge on any atom is -0.487 e. The van der Waals surface area contributed by atoms with Crippen molar-refractivity contribution in [1.82, 2.24) is 4.98 Å². The van der Waals surface area contributed by atoms with E-state index in [1.54, 1.807) is 35.6 Å². The Balaban J connectivity index is 1.61. The average Bonchev–Trinajstić information content (AvgIpc) is 3.11. The highest BCUT2D eigenvalue weighted by molar-refractivity contribution is 7.09. The molecule has 0 saturated heterocycles. The molecule has 0 radical (unpaired) electrons. The molecule has 3 rings (SSSR count). The summed E-state index contributed by atoms with van der Waals surface area (Å²) in [5.41, 5.74) is 1.44. The number of hydrogen-bond donors (Lipinski definition) is 1. The Morgan fingerprint density at radius 3 is 2.73 bits per heavy atom. The van der Waals surface area contributed by atoms with E-state index in [4.69, 9.17) is 4.74 Å². The van der Waals surface area contributed by atoms with Gasteiger partial charge in [0.2, 0.25) is 5.91 Å². The standard InChI is InChI=1S/C21H17F3N2O3S/c1-14-25-16(13-30-14)12-28-17-6-4-5-15(11-17)9-10-20(27)26-18-7-2-3-8-19(18)29-21(22,23)24/h2-11,13H,12H2,1H3,(H,26,27). The Kier molecular flexibility index (Phi) is 6.73. The monoisotopic (exact) mass is 434 g/mol. The van der Waals surface area contributed by atoms with Crippen LogP contribution in [-0.4, -0.2) is 17.3 Å². The molecule has 5 nitrogen and oxygen atoms in total. The maximum atomic E-state index is 12.5. The molecule has 156 valence electrons. The summed E-state index contributed by atoms with van der Waals surface area (Å²) in [4.78, 5) is 16.5. The molecule has 0 saturated carbocycles. The minimum atomic E-state index is -4.85. The third-order valence-electron chi connectivity index (χ3n) is 3.71. The molecule has 9 heteroatoms. The van der Waals surface area contributed by atoms with Crippen LogP contribution in [0.15, 0.2) is 60.0 Å². The normalized spacial score (nSPS) is 11.5. The number of rotatable bonds is 7. The summed E-state index contributed by atoms with van der Waals surface area (Å²) in [6.07, 6.45) is -2.11. The second-order valence-corrected chi connectivity index (χ2v) is 7.15. The molecule has 3 aromatic rings. The summed E-state index contributed by atoms with van der Waals surface area (Å²) in [5.74, 6) is -0.482. The van der Waals surface area contributed by atoms with Crippen molar-refractivity contribution in [3.05, 3.63) is 76.3 Å². The van der Waals surface area contributed by atoms with E-state index < -0.39 is 18.0 Å². The SMILES string of the molecule is Cc1nc(COc2cccc(C=CC(=O)Nc3ccccc3OC(F)(F)F)c2)cs1. The number of anilines is 1. The van der Waals surface area contributed by atoms with Gasteiger partial charge >= 0.3 is 6.36 Å². The van der Waals surface area contributed by atoms with Gasteiger partial charge < -0.3 is 14.8 Å². The van der Waals surface area contributed by atoms with E-state index in [1.165, 1.54) is 30.4 Å². The summed E-state index contributed by atoms with van der Waals surface area (Å²) < 4.78 is 47.0. The van der Waals surface area contributed by atoms with Gasteiger partial charge in [-0.1, -0.05) is 24.3 Å². The van der Waals surface area contributed by atoms with Crippen LogP contribution in [-0.2, 0) is 11.4 Å². The van der Waals surface area contributed by atoms with E-state index in [9.17, 15) is 18.0 Å². The fourth-order valence-corrected chi connectivity index (χ4v) is 3.07. The lowest BCUT2D eigenvalue weighted by Crippen LogP contribution is -2.19. The molecule has 1 amide bonds. The van der Waals surface area contributed by atoms with Crippen LogP contribution >= 0.6 is 11.3 Å². The number of hydrogen-bond acceptors (Lipinski definition) is 5. The lowest BCUT2D eigenvalue weighted by Gasteiger charge is -2.13. The third-order valence-corrected chi connectivity index (χ3v) is 4.53. The van der Waals surface area contributed by atoms with Gasteiger partial charge in [0.15, 0.2) is 5.75 Å². The summed E-state index contributed by atoms with van der Waals surface area (Å²) in [6.45, 7) is 2.24. The Hall–Kier alpha value is -3.33. The molecule has 0 fully saturated rings. The molecule has 0 aliphatic carbocycles. The number of nitrogens with zero attached hydrogens (tertiary/aromatic N) is 1. The van der Waals surface area contributed by atoms with E-state index in [0.29, 0.717) is 17.9 Å². The van der Waals surface area contributed by atoms with Crippen molar-refractivity contribution < 1.29 is 27.4 Å². The molecular weight excluding hydrogens is 417 g/mol. The smallest absolute Gasteiger partial charge is 0.487 e. The van der Waals surface area contributed by atoms with Crippen molar-refractivity contribution in [3.8, 4) is 11.5 Å². The highest BCUT2D eigenvalue weighted by Gasteiger charge is 2.32. The number of nitrogens with one attached hydrogen (secondary N) is 1. The maximum Gasteiger partial charge on any atom is 0.573 e. The fraction of sp³-hybridized carbons (Fsp3) is 0.143. The number of alkyl halides is 3. The molecule has 0 bridgehead atoms. The van der Waals surface area contributed by atoms with Crippen LogP contribution in [0.2, 0.25) is 0 Å². The first kappa shape index (κ1) is 21.4. The van der Waals surface area contributed by atoms with Gasteiger partial charge in [0.05, 0.1) is 16.4 Å². The Labute approximate surface area is 174 Å². The summed E-state index contributed by atoms with van der Waals surface area (Å²) >= 11 is 1.54. The first-order chi connectivity index (χ1) is 14.3. The van der Waals surface area contributed by atoms with Gasteiger partial charge in [0.1, 0.15) is 12.4 Å². The minimum absolute atomic E-state index is 0.0832. The highest BCUT2D eigenvalue weighted by Crippen LogP contribution is 2.30. The van der Waals surface area contributed by atoms with E-state index in [2.05, 4.69) is 15.0 Å². The van der Waals surface area contributed by atoms with Gasteiger partial charge in [-0.15, -0.1) is 24.5 Å². The predicted molar refractivity (Wildman–Crippen MR) is 108 cm³/mol. The average molecular weight is 434 g/mol. The Morgan fingerprint density at radius 2 is 2.00 bits per heavy atom. The lowest BCUT2D eigenvalue weighted by atomic mass is 10.2. The van der Waals surface area contributed by atoms with Crippen molar-refractivity contribution in [1.29, 1.82) is 0 Å². The zero-order valence-electron chi connectivity index (χ0n) is 15.8. The van der Waals surface area contributed by atoms with Gasteiger partial charge in [-0.2, -0.15) is 0 Å². The van der Waals surface area contributed by atoms with Crippen molar-refractivity contribution >= 4 is 29.0 Å². The van der Waals surface area contributed by atoms with E-state index in [1.807, 2.05) is 12.3 Å². The zero-order chi connectivity index (χ0) is 21.6. The van der Waals surface area contributed by atoms with Crippen LogP contribution in [0.3, 0.4) is 0 Å². The van der Waals surface area contributed by atoms with Crippen molar-refractivity contribution in [2.24, 2.45) is 0 Å². The molecule has 0 aliphatic heterocycles. The van der Waals surface area contributed by atoms with Crippen molar-refractivity contribution in [3.63, 3.8) is 0 Å².